The number of rotatable bonds is 9. The van der Waals surface area contributed by atoms with E-state index in [9.17, 15) is 14.7 Å². The second kappa shape index (κ2) is 11.5. The Morgan fingerprint density at radius 3 is 2.54 bits per heavy atom. The number of amides is 1. The maximum Gasteiger partial charge on any atom is 0.407 e. The number of nitrogens with one attached hydrogen (secondary N) is 1. The summed E-state index contributed by atoms with van der Waals surface area (Å²) in [5, 5.41) is 12.3. The minimum atomic E-state index is -0.891. The van der Waals surface area contributed by atoms with Crippen LogP contribution < -0.4 is 5.32 Å². The Morgan fingerprint density at radius 2 is 1.86 bits per heavy atom. The third-order valence-electron chi connectivity index (χ3n) is 3.98. The predicted molar refractivity (Wildman–Crippen MR) is 114 cm³/mol. The van der Waals surface area contributed by atoms with Crippen molar-refractivity contribution in [1.82, 2.24) is 5.32 Å². The van der Waals surface area contributed by atoms with Crippen LogP contribution >= 0.6 is 22.6 Å². The maximum atomic E-state index is 12.6. The Bertz CT molecular complexity index is 782. The summed E-state index contributed by atoms with van der Waals surface area (Å²) < 4.78 is 11.2. The first-order valence-electron chi connectivity index (χ1n) is 9.10. The van der Waals surface area contributed by atoms with Gasteiger partial charge in [0.15, 0.2) is 0 Å². The van der Waals surface area contributed by atoms with Crippen LogP contribution in [0.3, 0.4) is 0 Å². The Morgan fingerprint density at radius 1 is 1.11 bits per heavy atom. The molecule has 0 aliphatic heterocycles. The molecule has 0 bridgehead atoms. The Balaban J connectivity index is 2.04. The molecule has 1 atom stereocenters. The van der Waals surface area contributed by atoms with Crippen molar-refractivity contribution in [1.29, 1.82) is 0 Å². The fourth-order valence-electron chi connectivity index (χ4n) is 2.43. The number of aromatic hydroxyl groups is 1. The van der Waals surface area contributed by atoms with E-state index in [-0.39, 0.29) is 18.8 Å². The van der Waals surface area contributed by atoms with Gasteiger partial charge in [-0.05, 0) is 52.3 Å². The first-order valence-corrected chi connectivity index (χ1v) is 10.2. The van der Waals surface area contributed by atoms with Gasteiger partial charge in [-0.1, -0.05) is 49.7 Å². The van der Waals surface area contributed by atoms with Crippen LogP contribution in [0.1, 0.15) is 30.9 Å². The highest BCUT2D eigenvalue weighted by molar-refractivity contribution is 14.1. The second-order valence-corrected chi connectivity index (χ2v) is 7.43. The molecule has 0 aromatic heterocycles. The fourth-order valence-corrected chi connectivity index (χ4v) is 3.01. The first kappa shape index (κ1) is 22.0. The number of esters is 1. The lowest BCUT2D eigenvalue weighted by Crippen LogP contribution is -2.43. The highest BCUT2D eigenvalue weighted by atomic mass is 127. The molecule has 0 radical (unpaired) electrons. The highest BCUT2D eigenvalue weighted by Gasteiger charge is 2.24. The summed E-state index contributed by atoms with van der Waals surface area (Å²) in [4.78, 5) is 24.6. The Hall–Kier alpha value is -2.29. The lowest BCUT2D eigenvalue weighted by atomic mass is 10.1. The fraction of sp³-hybridized carbons (Fsp3) is 0.333. The molecule has 6 nitrogen and oxygen atoms in total. The van der Waals surface area contributed by atoms with E-state index in [4.69, 9.17) is 9.47 Å². The number of carbonyl (C=O) groups is 2. The molecule has 28 heavy (non-hydrogen) atoms. The number of benzene rings is 2. The number of alkyl carbamates (subject to hydrolysis) is 1. The molecule has 0 spiro atoms. The summed E-state index contributed by atoms with van der Waals surface area (Å²) in [6.07, 6.45) is 1.24. The number of halogens is 1. The van der Waals surface area contributed by atoms with Crippen LogP contribution in [-0.4, -0.2) is 29.8 Å². The first-order chi connectivity index (χ1) is 13.5. The molecular weight excluding hydrogens is 473 g/mol. The minimum absolute atomic E-state index is 0.121. The number of ether oxygens (including phenoxy) is 2. The van der Waals surface area contributed by atoms with E-state index in [1.807, 2.05) is 59.8 Å². The quantitative estimate of drug-likeness (QED) is 0.309. The Labute approximate surface area is 178 Å². The average Bonchev–Trinajstić information content (AvgIpc) is 2.69. The van der Waals surface area contributed by atoms with Gasteiger partial charge in [0.2, 0.25) is 0 Å². The molecule has 150 valence electrons. The van der Waals surface area contributed by atoms with Gasteiger partial charge in [0, 0.05) is 6.42 Å². The van der Waals surface area contributed by atoms with Crippen molar-refractivity contribution in [3.8, 4) is 5.75 Å². The summed E-state index contributed by atoms with van der Waals surface area (Å²) in [7, 11) is 0. The van der Waals surface area contributed by atoms with Gasteiger partial charge in [0.05, 0.1) is 10.2 Å². The number of carbonyl (C=O) groups excluding carboxylic acids is 2. The van der Waals surface area contributed by atoms with Crippen molar-refractivity contribution in [3.63, 3.8) is 0 Å². The topological polar surface area (TPSA) is 84.9 Å². The van der Waals surface area contributed by atoms with Gasteiger partial charge in [-0.25, -0.2) is 9.59 Å². The third kappa shape index (κ3) is 7.38. The van der Waals surface area contributed by atoms with E-state index in [2.05, 4.69) is 5.32 Å². The zero-order chi connectivity index (χ0) is 20.4. The van der Waals surface area contributed by atoms with E-state index in [0.29, 0.717) is 10.2 Å². The zero-order valence-corrected chi connectivity index (χ0v) is 17.8. The molecule has 1 unspecified atom stereocenters. The molecule has 0 aliphatic rings. The van der Waals surface area contributed by atoms with Gasteiger partial charge >= 0.3 is 12.1 Å². The van der Waals surface area contributed by atoms with Crippen molar-refractivity contribution in [2.75, 3.05) is 6.61 Å². The van der Waals surface area contributed by atoms with Gasteiger partial charge in [0.1, 0.15) is 18.4 Å². The van der Waals surface area contributed by atoms with Crippen molar-refractivity contribution >= 4 is 34.7 Å². The van der Waals surface area contributed by atoms with Crippen molar-refractivity contribution in [3.05, 3.63) is 63.2 Å². The summed E-state index contributed by atoms with van der Waals surface area (Å²) in [6.45, 7) is 2.42. The summed E-state index contributed by atoms with van der Waals surface area (Å²) in [6, 6.07) is 13.5. The largest absolute Gasteiger partial charge is 0.507 e. The van der Waals surface area contributed by atoms with Crippen LogP contribution in [0.15, 0.2) is 48.5 Å². The monoisotopic (exact) mass is 497 g/mol. The molecule has 2 N–H and O–H groups in total. The molecule has 0 saturated heterocycles. The Kier molecular flexibility index (Phi) is 9.06. The maximum absolute atomic E-state index is 12.6. The van der Waals surface area contributed by atoms with Crippen molar-refractivity contribution in [2.24, 2.45) is 0 Å². The number of phenols is 1. The number of unbranched alkanes of at least 4 members (excludes halogenated alkanes) is 1. The van der Waals surface area contributed by atoms with Crippen LogP contribution in [0.5, 0.6) is 5.75 Å². The van der Waals surface area contributed by atoms with Crippen molar-refractivity contribution in [2.45, 2.75) is 38.8 Å². The summed E-state index contributed by atoms with van der Waals surface area (Å²) >= 11 is 2.01. The zero-order valence-electron chi connectivity index (χ0n) is 15.7. The van der Waals surface area contributed by atoms with Crippen LogP contribution in [0.25, 0.3) is 0 Å². The molecule has 0 saturated carbocycles. The molecule has 2 aromatic carbocycles. The smallest absolute Gasteiger partial charge is 0.407 e. The van der Waals surface area contributed by atoms with Crippen LogP contribution in [0.2, 0.25) is 0 Å². The molecule has 7 heteroatoms. The third-order valence-corrected chi connectivity index (χ3v) is 4.85. The van der Waals surface area contributed by atoms with Gasteiger partial charge in [-0.15, -0.1) is 0 Å². The molecule has 2 aromatic rings. The number of hydrogen-bond donors (Lipinski definition) is 2. The van der Waals surface area contributed by atoms with Crippen LogP contribution in [0, 0.1) is 3.57 Å². The SMILES string of the molecule is CCCCOC(=O)NC(Cc1ccc(O)c(I)c1)C(=O)OCc1ccccc1. The second-order valence-electron chi connectivity index (χ2n) is 6.27. The van der Waals surface area contributed by atoms with E-state index < -0.39 is 18.1 Å². The van der Waals surface area contributed by atoms with Crippen LogP contribution in [0.4, 0.5) is 4.79 Å². The van der Waals surface area contributed by atoms with Crippen molar-refractivity contribution < 1.29 is 24.2 Å². The number of phenolic OH excluding ortho intramolecular Hbond substituents is 1. The summed E-state index contributed by atoms with van der Waals surface area (Å²) in [5.41, 5.74) is 1.65. The van der Waals surface area contributed by atoms with Gasteiger partial charge in [-0.3, -0.25) is 0 Å². The molecule has 0 fully saturated rings. The van der Waals surface area contributed by atoms with E-state index in [1.165, 1.54) is 0 Å². The van der Waals surface area contributed by atoms with E-state index in [0.717, 1.165) is 24.0 Å². The van der Waals surface area contributed by atoms with E-state index >= 15 is 0 Å². The molecule has 1 amide bonds. The summed E-state index contributed by atoms with van der Waals surface area (Å²) in [5.74, 6) is -0.376. The molecule has 0 aliphatic carbocycles. The van der Waals surface area contributed by atoms with Gasteiger partial charge < -0.3 is 19.9 Å². The van der Waals surface area contributed by atoms with Gasteiger partial charge in [0.25, 0.3) is 0 Å². The highest BCUT2D eigenvalue weighted by Crippen LogP contribution is 2.21. The lowest BCUT2D eigenvalue weighted by Gasteiger charge is -2.18. The number of hydrogen-bond acceptors (Lipinski definition) is 5. The standard InChI is InChI=1S/C21H24INO5/c1-2-3-11-27-21(26)23-18(13-16-9-10-19(24)17(22)12-16)20(25)28-14-15-7-5-4-6-8-15/h4-10,12,18,24H,2-3,11,13-14H2,1H3,(H,23,26). The average molecular weight is 497 g/mol. The van der Waals surface area contributed by atoms with Crippen LogP contribution in [-0.2, 0) is 27.3 Å². The molecular formula is C21H24INO5. The normalized spacial score (nSPS) is 11.5. The molecule has 0 heterocycles. The lowest BCUT2D eigenvalue weighted by molar-refractivity contribution is -0.147. The van der Waals surface area contributed by atoms with E-state index in [1.54, 1.807) is 18.2 Å². The van der Waals surface area contributed by atoms with Gasteiger partial charge in [-0.2, -0.15) is 0 Å². The molecule has 2 rings (SSSR count). The minimum Gasteiger partial charge on any atom is -0.507 e. The predicted octanol–water partition coefficient (Wildman–Crippen LogP) is 4.18.